The second-order valence-electron chi connectivity index (χ2n) is 8.29. The van der Waals surface area contributed by atoms with E-state index in [9.17, 15) is 0 Å². The zero-order valence-electron chi connectivity index (χ0n) is 17.3. The fourth-order valence-electron chi connectivity index (χ4n) is 4.83. The average Bonchev–Trinajstić information content (AvgIpc) is 2.78. The van der Waals surface area contributed by atoms with Crippen molar-refractivity contribution in [3.05, 3.63) is 71.7 Å². The molecule has 0 saturated heterocycles. The van der Waals surface area contributed by atoms with Crippen molar-refractivity contribution < 1.29 is 9.13 Å². The van der Waals surface area contributed by atoms with Crippen molar-refractivity contribution >= 4 is 16.9 Å². The van der Waals surface area contributed by atoms with Gasteiger partial charge in [-0.05, 0) is 35.7 Å². The molecule has 5 rings (SSSR count). The summed E-state index contributed by atoms with van der Waals surface area (Å²) in [4.78, 5) is 17.5. The summed E-state index contributed by atoms with van der Waals surface area (Å²) >= 11 is 1.53. The Bertz CT molecular complexity index is 1190. The van der Waals surface area contributed by atoms with Crippen LogP contribution >= 0.6 is 11.8 Å². The Labute approximate surface area is 184 Å². The molecule has 158 valence electrons. The molecule has 0 spiro atoms. The van der Waals surface area contributed by atoms with E-state index >= 15 is 4.39 Å². The number of halogens is 1. The number of aromatic nitrogens is 3. The number of nitrogens with zero attached hydrogens (tertiary/aromatic N) is 4. The fourth-order valence-corrected chi connectivity index (χ4v) is 5.85. The van der Waals surface area contributed by atoms with Crippen LogP contribution in [-0.4, -0.2) is 33.0 Å². The van der Waals surface area contributed by atoms with E-state index in [1.807, 2.05) is 12.1 Å². The number of nitrogens with two attached hydrogens (primary N) is 1. The maximum absolute atomic E-state index is 15.5. The van der Waals surface area contributed by atoms with Crippen LogP contribution in [0.4, 0.5) is 4.39 Å². The first-order valence-corrected chi connectivity index (χ1v) is 11.0. The van der Waals surface area contributed by atoms with Crippen LogP contribution in [0.2, 0.25) is 0 Å². The van der Waals surface area contributed by atoms with Gasteiger partial charge in [-0.1, -0.05) is 24.8 Å². The Morgan fingerprint density at radius 1 is 1.13 bits per heavy atom. The van der Waals surface area contributed by atoms with Gasteiger partial charge in [0.15, 0.2) is 5.17 Å². The van der Waals surface area contributed by atoms with Crippen molar-refractivity contribution in [1.82, 2.24) is 15.0 Å². The highest BCUT2D eigenvalue weighted by Gasteiger charge is 2.56. The van der Waals surface area contributed by atoms with E-state index in [-0.39, 0.29) is 11.2 Å². The number of rotatable bonds is 3. The van der Waals surface area contributed by atoms with Gasteiger partial charge in [0.05, 0.1) is 7.11 Å². The number of methoxy groups -OCH3 is 1. The number of hydrogen-bond donors (Lipinski definition) is 1. The molecule has 2 atom stereocenters. The van der Waals surface area contributed by atoms with E-state index in [2.05, 4.69) is 21.9 Å². The summed E-state index contributed by atoms with van der Waals surface area (Å²) in [6.07, 6.45) is 7.87. The minimum atomic E-state index is -0.874. The maximum atomic E-state index is 15.5. The van der Waals surface area contributed by atoms with Gasteiger partial charge in [0.25, 0.3) is 0 Å². The Morgan fingerprint density at radius 3 is 2.71 bits per heavy atom. The van der Waals surface area contributed by atoms with Gasteiger partial charge in [0.1, 0.15) is 17.7 Å². The lowest BCUT2D eigenvalue weighted by Gasteiger charge is -2.52. The molecule has 2 aromatic heterocycles. The molecule has 0 fully saturated rings. The second kappa shape index (κ2) is 7.30. The summed E-state index contributed by atoms with van der Waals surface area (Å²) < 4.78 is 21.0. The number of amidine groups is 1. The normalized spacial score (nSPS) is 24.7. The van der Waals surface area contributed by atoms with Gasteiger partial charge >= 0.3 is 0 Å². The van der Waals surface area contributed by atoms with Crippen molar-refractivity contribution in [2.24, 2.45) is 16.1 Å². The predicted molar refractivity (Wildman–Crippen MR) is 119 cm³/mol. The number of fused-ring (bicyclic) bond motifs is 2. The quantitative estimate of drug-likeness (QED) is 0.674. The highest BCUT2D eigenvalue weighted by molar-refractivity contribution is 8.13. The molecule has 0 bridgehead atoms. The maximum Gasteiger partial charge on any atom is 0.216 e. The summed E-state index contributed by atoms with van der Waals surface area (Å²) in [5.41, 5.74) is 9.32. The summed E-state index contributed by atoms with van der Waals surface area (Å²) in [6.45, 7) is 2.17. The number of thioether (sulfide) groups is 1. The molecule has 1 aliphatic heterocycles. The first-order valence-electron chi connectivity index (χ1n) is 10.00. The van der Waals surface area contributed by atoms with Gasteiger partial charge in [-0.2, -0.15) is 0 Å². The van der Waals surface area contributed by atoms with Crippen LogP contribution in [0.1, 0.15) is 23.6 Å². The van der Waals surface area contributed by atoms with E-state index in [4.69, 9.17) is 15.5 Å². The average molecular weight is 436 g/mol. The predicted octanol–water partition coefficient (Wildman–Crippen LogP) is 3.75. The lowest BCUT2D eigenvalue weighted by molar-refractivity contribution is 0.146. The third-order valence-corrected chi connectivity index (χ3v) is 7.63. The molecule has 3 heterocycles. The first-order chi connectivity index (χ1) is 15.0. The van der Waals surface area contributed by atoms with Crippen LogP contribution in [0.5, 0.6) is 5.88 Å². The monoisotopic (exact) mass is 435 g/mol. The summed E-state index contributed by atoms with van der Waals surface area (Å²) in [6, 6.07) is 7.13. The number of hydrogen-bond acceptors (Lipinski definition) is 7. The van der Waals surface area contributed by atoms with Crippen LogP contribution in [0.25, 0.3) is 11.1 Å². The van der Waals surface area contributed by atoms with E-state index in [0.717, 1.165) is 34.4 Å². The van der Waals surface area contributed by atoms with Crippen LogP contribution in [0, 0.1) is 11.2 Å². The third-order valence-electron chi connectivity index (χ3n) is 6.46. The Balaban J connectivity index is 1.76. The van der Waals surface area contributed by atoms with Gasteiger partial charge in [0.2, 0.25) is 5.88 Å². The molecule has 0 amide bonds. The molecule has 31 heavy (non-hydrogen) atoms. The van der Waals surface area contributed by atoms with Gasteiger partial charge < -0.3 is 10.5 Å². The Kier molecular flexibility index (Phi) is 4.69. The highest BCUT2D eigenvalue weighted by atomic mass is 32.2. The minimum Gasteiger partial charge on any atom is -0.481 e. The molecule has 0 saturated carbocycles. The van der Waals surface area contributed by atoms with Crippen molar-refractivity contribution in [3.63, 3.8) is 0 Å². The fraction of sp³-hybridized carbons (Fsp3) is 0.304. The molecular weight excluding hydrogens is 413 g/mol. The summed E-state index contributed by atoms with van der Waals surface area (Å²) in [7, 11) is 1.61. The standard InChI is InChI=1S/C23H22FN5OS/c1-22-8-15-5-6-28-20(30-2)17(15)9-23(22,29-21(25)31-12-22)18-7-14(3-4-19(18)24)16-10-26-13-27-11-16/h3-7,10-11,13H,8-9,12H2,1-2H3,(H2,25,29)/t22-,23+/m1/s1. The van der Waals surface area contributed by atoms with Crippen molar-refractivity contribution in [2.75, 3.05) is 12.9 Å². The highest BCUT2D eigenvalue weighted by Crippen LogP contribution is 2.57. The number of pyridine rings is 1. The van der Waals surface area contributed by atoms with Crippen LogP contribution < -0.4 is 10.5 Å². The van der Waals surface area contributed by atoms with Crippen LogP contribution in [0.15, 0.2) is 54.2 Å². The van der Waals surface area contributed by atoms with E-state index in [0.29, 0.717) is 23.0 Å². The van der Waals surface area contributed by atoms with E-state index in [1.165, 1.54) is 24.2 Å². The summed E-state index contributed by atoms with van der Waals surface area (Å²) in [5.74, 6) is 0.991. The van der Waals surface area contributed by atoms with Gasteiger partial charge in [0, 0.05) is 52.9 Å². The molecule has 3 aromatic rings. The van der Waals surface area contributed by atoms with E-state index in [1.54, 1.807) is 31.8 Å². The Hall–Kier alpha value is -3.00. The molecule has 6 nitrogen and oxygen atoms in total. The third kappa shape index (κ3) is 3.08. The summed E-state index contributed by atoms with van der Waals surface area (Å²) in [5, 5.41) is 0.469. The number of aliphatic imine (C=N–C) groups is 1. The van der Waals surface area contributed by atoms with Crippen LogP contribution in [0.3, 0.4) is 0 Å². The smallest absolute Gasteiger partial charge is 0.216 e. The topological polar surface area (TPSA) is 86.3 Å². The largest absolute Gasteiger partial charge is 0.481 e. The molecule has 8 heteroatoms. The molecule has 1 aliphatic carbocycles. The zero-order chi connectivity index (χ0) is 21.6. The minimum absolute atomic E-state index is 0.304. The first kappa shape index (κ1) is 19.9. The molecule has 2 N–H and O–H groups in total. The lowest BCUT2D eigenvalue weighted by atomic mass is 9.58. The molecule has 0 unspecified atom stereocenters. The molecule has 1 aromatic carbocycles. The van der Waals surface area contributed by atoms with Crippen molar-refractivity contribution in [2.45, 2.75) is 25.3 Å². The van der Waals surface area contributed by atoms with Crippen molar-refractivity contribution in [3.8, 4) is 17.0 Å². The second-order valence-corrected chi connectivity index (χ2v) is 9.29. The molecular formula is C23H22FN5OS. The number of benzene rings is 1. The lowest BCUT2D eigenvalue weighted by Crippen LogP contribution is -2.54. The Morgan fingerprint density at radius 2 is 1.94 bits per heavy atom. The van der Waals surface area contributed by atoms with Gasteiger partial charge in [-0.15, -0.1) is 0 Å². The molecule has 2 aliphatic rings. The van der Waals surface area contributed by atoms with Crippen LogP contribution in [-0.2, 0) is 18.4 Å². The van der Waals surface area contributed by atoms with Gasteiger partial charge in [-0.25, -0.2) is 19.3 Å². The SMILES string of the molecule is COc1nccc2c1C[C@@]1(c3cc(-c4cncnc4)ccc3F)N=C(N)SC[C@@]1(C)C2. The van der Waals surface area contributed by atoms with Gasteiger partial charge in [-0.3, -0.25) is 4.99 Å². The van der Waals surface area contributed by atoms with Crippen molar-refractivity contribution in [1.29, 1.82) is 0 Å². The van der Waals surface area contributed by atoms with E-state index < -0.39 is 5.54 Å². The molecule has 0 radical (unpaired) electrons. The number of ether oxygens (including phenoxy) is 1. The zero-order valence-corrected chi connectivity index (χ0v) is 18.1.